The van der Waals surface area contributed by atoms with Gasteiger partial charge < -0.3 is 19.7 Å². The van der Waals surface area contributed by atoms with Gasteiger partial charge in [0.1, 0.15) is 11.6 Å². The molecule has 1 N–H and O–H groups in total. The fraction of sp³-hybridized carbons (Fsp3) is 0.280. The minimum absolute atomic E-state index is 0.146. The number of carbonyl (C=O) groups excluding carboxylic acids is 3. The Bertz CT molecular complexity index is 1260. The number of aromatic nitrogens is 2. The number of anilines is 1. The van der Waals surface area contributed by atoms with Crippen LogP contribution < -0.4 is 10.1 Å². The first kappa shape index (κ1) is 23.9. The Labute approximate surface area is 201 Å². The van der Waals surface area contributed by atoms with Crippen LogP contribution in [0.4, 0.5) is 10.1 Å². The minimum Gasteiger partial charge on any atom is -0.497 e. The van der Waals surface area contributed by atoms with E-state index in [0.29, 0.717) is 23.5 Å². The number of methoxy groups -OCH3 is 1. The Balaban J connectivity index is 1.35. The second-order valence-electron chi connectivity index (χ2n) is 8.12. The van der Waals surface area contributed by atoms with Crippen LogP contribution in [-0.2, 0) is 27.2 Å². The van der Waals surface area contributed by atoms with Crippen molar-refractivity contribution in [1.29, 1.82) is 0 Å². The number of hydrogen-bond donors (Lipinski definition) is 1. The molecule has 182 valence electrons. The fourth-order valence-corrected chi connectivity index (χ4v) is 3.91. The number of hydrogen-bond acceptors (Lipinski definition) is 6. The summed E-state index contributed by atoms with van der Waals surface area (Å²) in [6.45, 7) is -0.748. The van der Waals surface area contributed by atoms with Gasteiger partial charge in [-0.1, -0.05) is 6.07 Å². The lowest BCUT2D eigenvalue weighted by molar-refractivity contribution is -0.136. The maximum absolute atomic E-state index is 13.3. The Morgan fingerprint density at radius 3 is 2.66 bits per heavy atom. The van der Waals surface area contributed by atoms with Crippen molar-refractivity contribution in [3.05, 3.63) is 71.3 Å². The van der Waals surface area contributed by atoms with Gasteiger partial charge in [0.05, 0.1) is 19.3 Å². The number of carbonyl (C=O) groups is 3. The summed E-state index contributed by atoms with van der Waals surface area (Å²) in [4.78, 5) is 38.6. The Kier molecular flexibility index (Phi) is 7.09. The maximum Gasteiger partial charge on any atom is 0.359 e. The van der Waals surface area contributed by atoms with Crippen molar-refractivity contribution >= 4 is 23.5 Å². The highest BCUT2D eigenvalue weighted by molar-refractivity contribution is 5.95. The average molecular weight is 480 g/mol. The summed E-state index contributed by atoms with van der Waals surface area (Å²) in [5.41, 5.74) is 2.97. The molecule has 9 nitrogen and oxygen atoms in total. The van der Waals surface area contributed by atoms with Crippen LogP contribution in [0.1, 0.15) is 28.2 Å². The zero-order valence-corrected chi connectivity index (χ0v) is 19.4. The number of benzene rings is 2. The van der Waals surface area contributed by atoms with E-state index in [2.05, 4.69) is 10.4 Å². The van der Waals surface area contributed by atoms with Gasteiger partial charge in [0.2, 0.25) is 5.91 Å². The third kappa shape index (κ3) is 5.48. The Morgan fingerprint density at radius 2 is 1.91 bits per heavy atom. The van der Waals surface area contributed by atoms with E-state index in [1.54, 1.807) is 41.1 Å². The summed E-state index contributed by atoms with van der Waals surface area (Å²) in [6.07, 6.45) is 2.26. The molecule has 2 aromatic carbocycles. The number of nitrogens with one attached hydrogen (secondary N) is 1. The lowest BCUT2D eigenvalue weighted by Gasteiger charge is -2.17. The van der Waals surface area contributed by atoms with E-state index in [1.165, 1.54) is 31.2 Å². The van der Waals surface area contributed by atoms with Crippen LogP contribution in [0.3, 0.4) is 0 Å². The summed E-state index contributed by atoms with van der Waals surface area (Å²) < 4.78 is 25.3. The second kappa shape index (κ2) is 10.4. The summed E-state index contributed by atoms with van der Waals surface area (Å²) in [5, 5.41) is 7.07. The van der Waals surface area contributed by atoms with Gasteiger partial charge in [0.25, 0.3) is 5.91 Å². The lowest BCUT2D eigenvalue weighted by Crippen LogP contribution is -2.37. The van der Waals surface area contributed by atoms with Crippen molar-refractivity contribution in [3.8, 4) is 11.4 Å². The number of amides is 2. The molecule has 0 radical (unpaired) electrons. The van der Waals surface area contributed by atoms with Crippen molar-refractivity contribution in [3.63, 3.8) is 0 Å². The molecule has 2 amide bonds. The van der Waals surface area contributed by atoms with Crippen LogP contribution in [0.15, 0.2) is 48.5 Å². The van der Waals surface area contributed by atoms with Gasteiger partial charge in [-0.05, 0) is 55.7 Å². The Hall–Kier alpha value is -4.21. The smallest absolute Gasteiger partial charge is 0.359 e. The summed E-state index contributed by atoms with van der Waals surface area (Å²) in [6, 6.07) is 12.7. The van der Waals surface area contributed by atoms with Crippen molar-refractivity contribution < 1.29 is 28.2 Å². The van der Waals surface area contributed by atoms with Crippen molar-refractivity contribution in [2.24, 2.45) is 0 Å². The first-order chi connectivity index (χ1) is 16.9. The predicted molar refractivity (Wildman–Crippen MR) is 125 cm³/mol. The number of ether oxygens (including phenoxy) is 2. The zero-order valence-electron chi connectivity index (χ0n) is 19.4. The van der Waals surface area contributed by atoms with E-state index in [0.717, 1.165) is 24.1 Å². The predicted octanol–water partition coefficient (Wildman–Crippen LogP) is 2.76. The van der Waals surface area contributed by atoms with E-state index >= 15 is 0 Å². The van der Waals surface area contributed by atoms with Gasteiger partial charge in [0, 0.05) is 30.1 Å². The molecule has 0 atom stereocenters. The molecule has 0 aliphatic heterocycles. The number of nitrogens with zero attached hydrogens (tertiary/aromatic N) is 3. The van der Waals surface area contributed by atoms with Crippen LogP contribution in [-0.4, -0.2) is 59.8 Å². The number of likely N-dealkylation sites (N-methyl/N-ethyl adjacent to an activating group) is 1. The second-order valence-corrected chi connectivity index (χ2v) is 8.12. The molecule has 1 heterocycles. The summed E-state index contributed by atoms with van der Waals surface area (Å²) >= 11 is 0. The normalized spacial score (nSPS) is 12.1. The average Bonchev–Trinajstić information content (AvgIpc) is 3.46. The molecule has 1 aliphatic carbocycles. The molecule has 0 saturated carbocycles. The van der Waals surface area contributed by atoms with Crippen molar-refractivity contribution in [2.75, 3.05) is 32.6 Å². The quantitative estimate of drug-likeness (QED) is 0.498. The van der Waals surface area contributed by atoms with Crippen molar-refractivity contribution in [2.45, 2.75) is 19.3 Å². The molecule has 35 heavy (non-hydrogen) atoms. The van der Waals surface area contributed by atoms with Crippen LogP contribution in [0.25, 0.3) is 5.69 Å². The fourth-order valence-electron chi connectivity index (χ4n) is 3.91. The summed E-state index contributed by atoms with van der Waals surface area (Å²) in [7, 11) is 2.97. The molecule has 0 unspecified atom stereocenters. The van der Waals surface area contributed by atoms with E-state index in [9.17, 15) is 18.8 Å². The highest BCUT2D eigenvalue weighted by atomic mass is 19.1. The molecule has 0 saturated heterocycles. The van der Waals surface area contributed by atoms with Gasteiger partial charge in [-0.3, -0.25) is 9.59 Å². The topological polar surface area (TPSA) is 103 Å². The molecule has 4 rings (SSSR count). The first-order valence-electron chi connectivity index (χ1n) is 11.1. The van der Waals surface area contributed by atoms with Crippen LogP contribution in [0.5, 0.6) is 5.75 Å². The highest BCUT2D eigenvalue weighted by Crippen LogP contribution is 2.28. The number of esters is 1. The number of halogens is 1. The molecule has 3 aromatic rings. The molecule has 0 fully saturated rings. The van der Waals surface area contributed by atoms with Gasteiger partial charge >= 0.3 is 5.97 Å². The third-order valence-electron chi connectivity index (χ3n) is 5.68. The minimum atomic E-state index is -0.716. The van der Waals surface area contributed by atoms with Crippen molar-refractivity contribution in [1.82, 2.24) is 14.7 Å². The number of fused-ring (bicyclic) bond motifs is 1. The van der Waals surface area contributed by atoms with Crippen LogP contribution in [0, 0.1) is 5.82 Å². The van der Waals surface area contributed by atoms with Crippen LogP contribution in [0.2, 0.25) is 0 Å². The molecule has 0 bridgehead atoms. The van der Waals surface area contributed by atoms with Crippen LogP contribution >= 0.6 is 0 Å². The SMILES string of the molecule is COc1cccc(NC(=O)CN(C)C(=O)COC(=O)c2nn(-c3ccc(F)cc3)c3c2CCC3)c1. The van der Waals surface area contributed by atoms with E-state index in [-0.39, 0.29) is 18.1 Å². The number of rotatable bonds is 8. The highest BCUT2D eigenvalue weighted by Gasteiger charge is 2.28. The Morgan fingerprint density at radius 1 is 1.14 bits per heavy atom. The third-order valence-corrected chi connectivity index (χ3v) is 5.68. The zero-order chi connectivity index (χ0) is 24.9. The largest absolute Gasteiger partial charge is 0.497 e. The molecule has 10 heteroatoms. The molecular formula is C25H25FN4O5. The summed E-state index contributed by atoms with van der Waals surface area (Å²) in [5.74, 6) is -1.43. The first-order valence-corrected chi connectivity index (χ1v) is 11.1. The maximum atomic E-state index is 13.3. The van der Waals surface area contributed by atoms with Gasteiger partial charge in [-0.2, -0.15) is 5.10 Å². The molecule has 1 aromatic heterocycles. The van der Waals surface area contributed by atoms with Gasteiger partial charge in [-0.15, -0.1) is 0 Å². The molecular weight excluding hydrogens is 455 g/mol. The lowest BCUT2D eigenvalue weighted by atomic mass is 10.2. The van der Waals surface area contributed by atoms with E-state index in [4.69, 9.17) is 9.47 Å². The van der Waals surface area contributed by atoms with Gasteiger partial charge in [-0.25, -0.2) is 13.9 Å². The monoisotopic (exact) mass is 480 g/mol. The van der Waals surface area contributed by atoms with Gasteiger partial charge in [0.15, 0.2) is 12.3 Å². The molecule has 0 spiro atoms. The standard InChI is InChI=1S/C25H25FN4O5/c1-29(14-22(31)27-17-5-3-6-19(13-17)34-2)23(32)15-35-25(33)24-20-7-4-8-21(20)30(28-24)18-11-9-16(26)10-12-18/h3,5-6,9-13H,4,7-8,14-15H2,1-2H3,(H,27,31). The molecule has 1 aliphatic rings. The van der Waals surface area contributed by atoms with E-state index < -0.39 is 24.4 Å². The van der Waals surface area contributed by atoms with E-state index in [1.807, 2.05) is 0 Å².